The highest BCUT2D eigenvalue weighted by Crippen LogP contribution is 2.28. The molecule has 1 N–H and O–H groups in total. The number of carbonyl (C=O) groups excluding carboxylic acids is 2. The van der Waals surface area contributed by atoms with Gasteiger partial charge in [0.25, 0.3) is 0 Å². The minimum absolute atomic E-state index is 0.0923. The van der Waals surface area contributed by atoms with E-state index in [0.717, 1.165) is 11.3 Å². The first kappa shape index (κ1) is 21.4. The van der Waals surface area contributed by atoms with Crippen LogP contribution in [0.1, 0.15) is 41.7 Å². The van der Waals surface area contributed by atoms with Gasteiger partial charge in [0, 0.05) is 24.4 Å². The van der Waals surface area contributed by atoms with Crippen molar-refractivity contribution in [3.8, 4) is 0 Å². The van der Waals surface area contributed by atoms with Crippen LogP contribution in [0.3, 0.4) is 0 Å². The van der Waals surface area contributed by atoms with E-state index in [-0.39, 0.29) is 47.9 Å². The van der Waals surface area contributed by atoms with Crippen LogP contribution >= 0.6 is 11.3 Å². The van der Waals surface area contributed by atoms with Crippen molar-refractivity contribution >= 4 is 38.4 Å². The molecule has 1 amide bonds. The smallest absolute Gasteiger partial charge is 0.357 e. The molecule has 0 radical (unpaired) electrons. The Morgan fingerprint density at radius 1 is 1.34 bits per heavy atom. The number of esters is 1. The summed E-state index contributed by atoms with van der Waals surface area (Å²) in [5, 5.41) is 8.23. The van der Waals surface area contributed by atoms with E-state index in [1.54, 1.807) is 20.8 Å². The zero-order valence-corrected chi connectivity index (χ0v) is 17.9. The normalized spacial score (nSPS) is 16.0. The number of hydrogen-bond acceptors (Lipinski definition) is 9. The van der Waals surface area contributed by atoms with E-state index in [2.05, 4.69) is 15.5 Å². The van der Waals surface area contributed by atoms with Gasteiger partial charge in [-0.1, -0.05) is 5.16 Å². The Bertz CT molecular complexity index is 986. The quantitative estimate of drug-likeness (QED) is 0.672. The van der Waals surface area contributed by atoms with Crippen LogP contribution in [0.5, 0.6) is 0 Å². The number of nitrogens with zero attached hydrogens (tertiary/aromatic N) is 3. The number of sulfonamides is 1. The predicted molar refractivity (Wildman–Crippen MR) is 104 cm³/mol. The molecule has 2 aromatic heterocycles. The molecule has 10 nitrogen and oxygen atoms in total. The van der Waals surface area contributed by atoms with Crippen molar-refractivity contribution < 1.29 is 27.3 Å². The third-order valence-electron chi connectivity index (χ3n) is 4.61. The first-order chi connectivity index (χ1) is 13.7. The molecule has 0 aliphatic carbocycles. The van der Waals surface area contributed by atoms with E-state index in [0.29, 0.717) is 23.7 Å². The van der Waals surface area contributed by atoms with Crippen molar-refractivity contribution in [2.45, 2.75) is 38.5 Å². The number of hydrogen-bond donors (Lipinski definition) is 1. The number of rotatable bonds is 6. The van der Waals surface area contributed by atoms with Gasteiger partial charge in [0.05, 0.1) is 6.61 Å². The van der Waals surface area contributed by atoms with E-state index in [1.165, 1.54) is 9.69 Å². The highest BCUT2D eigenvalue weighted by atomic mass is 32.2. The van der Waals surface area contributed by atoms with E-state index >= 15 is 0 Å². The lowest BCUT2D eigenvalue weighted by Crippen LogP contribution is -2.41. The number of ether oxygens (including phenoxy) is 1. The summed E-state index contributed by atoms with van der Waals surface area (Å²) in [5.41, 5.74) is 0.469. The number of anilines is 1. The van der Waals surface area contributed by atoms with Crippen LogP contribution in [0.4, 0.5) is 5.13 Å². The van der Waals surface area contributed by atoms with Crippen LogP contribution in [0.15, 0.2) is 14.8 Å². The van der Waals surface area contributed by atoms with Crippen LogP contribution in [-0.4, -0.2) is 54.4 Å². The van der Waals surface area contributed by atoms with Gasteiger partial charge in [0.2, 0.25) is 15.9 Å². The van der Waals surface area contributed by atoms with Gasteiger partial charge in [0.1, 0.15) is 10.6 Å². The summed E-state index contributed by atoms with van der Waals surface area (Å²) in [7, 11) is -3.72. The van der Waals surface area contributed by atoms with Gasteiger partial charge in [0.15, 0.2) is 16.6 Å². The lowest BCUT2D eigenvalue weighted by atomic mass is 9.97. The van der Waals surface area contributed by atoms with Crippen molar-refractivity contribution in [3.63, 3.8) is 0 Å². The number of aromatic nitrogens is 2. The maximum Gasteiger partial charge on any atom is 0.357 e. The second-order valence-electron chi connectivity index (χ2n) is 6.58. The monoisotopic (exact) mass is 442 g/mol. The van der Waals surface area contributed by atoms with Gasteiger partial charge in [-0.15, -0.1) is 11.3 Å². The maximum absolute atomic E-state index is 12.9. The van der Waals surface area contributed by atoms with Gasteiger partial charge >= 0.3 is 5.97 Å². The molecule has 29 heavy (non-hydrogen) atoms. The van der Waals surface area contributed by atoms with Gasteiger partial charge < -0.3 is 14.6 Å². The molecule has 0 saturated carbocycles. The Balaban J connectivity index is 1.59. The highest BCUT2D eigenvalue weighted by molar-refractivity contribution is 7.89. The minimum atomic E-state index is -3.72. The van der Waals surface area contributed by atoms with Gasteiger partial charge in [-0.05, 0) is 33.6 Å². The molecular formula is C17H22N4O6S2. The molecule has 0 atom stereocenters. The summed E-state index contributed by atoms with van der Waals surface area (Å²) in [6.07, 6.45) is 0.759. The summed E-state index contributed by atoms with van der Waals surface area (Å²) in [4.78, 5) is 28.3. The standard InChI is InChI=1S/C17H22N4O6S2/c1-4-26-16(23)13-9-28-17(18-13)19-15(22)12-5-7-21(8-6-12)29(24,25)14-10(2)20-27-11(14)3/h9,12H,4-8H2,1-3H3,(H,18,19,22). The fourth-order valence-corrected chi connectivity index (χ4v) is 5.61. The van der Waals surface area contributed by atoms with Gasteiger partial charge in [-0.3, -0.25) is 4.79 Å². The number of aryl methyl sites for hydroxylation is 2. The average Bonchev–Trinajstić information content (AvgIpc) is 3.28. The third kappa shape index (κ3) is 4.49. The molecule has 0 aromatic carbocycles. The van der Waals surface area contributed by atoms with Crippen molar-refractivity contribution in [1.29, 1.82) is 0 Å². The van der Waals surface area contributed by atoms with Crippen LogP contribution < -0.4 is 5.32 Å². The Morgan fingerprint density at radius 3 is 2.62 bits per heavy atom. The average molecular weight is 443 g/mol. The first-order valence-electron chi connectivity index (χ1n) is 9.10. The van der Waals surface area contributed by atoms with E-state index in [1.807, 2.05) is 0 Å². The Labute approximate surface area is 172 Å². The van der Waals surface area contributed by atoms with Crippen molar-refractivity contribution in [2.24, 2.45) is 5.92 Å². The summed E-state index contributed by atoms with van der Waals surface area (Å²) in [5.74, 6) is -0.879. The molecule has 1 aliphatic rings. The van der Waals surface area contributed by atoms with Crippen LogP contribution in [0.2, 0.25) is 0 Å². The third-order valence-corrected chi connectivity index (χ3v) is 7.51. The van der Waals surface area contributed by atoms with Crippen molar-refractivity contribution in [3.05, 3.63) is 22.5 Å². The summed E-state index contributed by atoms with van der Waals surface area (Å²) < 4.78 is 36.9. The second kappa shape index (κ2) is 8.59. The molecule has 0 bridgehead atoms. The Morgan fingerprint density at radius 2 is 2.03 bits per heavy atom. The molecule has 1 fully saturated rings. The summed E-state index contributed by atoms with van der Waals surface area (Å²) >= 11 is 1.13. The van der Waals surface area contributed by atoms with Crippen LogP contribution in [-0.2, 0) is 19.6 Å². The molecule has 0 spiro atoms. The number of thiazole rings is 1. The zero-order chi connectivity index (χ0) is 21.2. The highest BCUT2D eigenvalue weighted by Gasteiger charge is 2.35. The number of piperidine rings is 1. The number of amides is 1. The molecule has 1 aliphatic heterocycles. The molecule has 3 rings (SSSR count). The molecule has 2 aromatic rings. The molecule has 12 heteroatoms. The van der Waals surface area contributed by atoms with Gasteiger partial charge in [-0.2, -0.15) is 4.31 Å². The van der Waals surface area contributed by atoms with Crippen molar-refractivity contribution in [2.75, 3.05) is 25.0 Å². The molecule has 3 heterocycles. The molecule has 1 saturated heterocycles. The number of nitrogens with one attached hydrogen (secondary N) is 1. The predicted octanol–water partition coefficient (Wildman–Crippen LogP) is 1.96. The van der Waals surface area contributed by atoms with Gasteiger partial charge in [-0.25, -0.2) is 18.2 Å². The number of carbonyl (C=O) groups is 2. The van der Waals surface area contributed by atoms with Crippen LogP contribution in [0.25, 0.3) is 0 Å². The first-order valence-corrected chi connectivity index (χ1v) is 11.4. The van der Waals surface area contributed by atoms with Crippen LogP contribution in [0, 0.1) is 19.8 Å². The maximum atomic E-state index is 12.9. The second-order valence-corrected chi connectivity index (χ2v) is 9.31. The van der Waals surface area contributed by atoms with E-state index < -0.39 is 16.0 Å². The topological polar surface area (TPSA) is 132 Å². The Hall–Kier alpha value is -2.31. The van der Waals surface area contributed by atoms with E-state index in [4.69, 9.17) is 9.26 Å². The molecular weight excluding hydrogens is 420 g/mol. The molecule has 0 unspecified atom stereocenters. The summed E-state index contributed by atoms with van der Waals surface area (Å²) in [6, 6.07) is 0. The fourth-order valence-electron chi connectivity index (χ4n) is 3.17. The van der Waals surface area contributed by atoms with Crippen molar-refractivity contribution in [1.82, 2.24) is 14.4 Å². The lowest BCUT2D eigenvalue weighted by molar-refractivity contribution is -0.120. The Kier molecular flexibility index (Phi) is 6.34. The summed E-state index contributed by atoms with van der Waals surface area (Å²) in [6.45, 7) is 5.53. The molecule has 158 valence electrons. The largest absolute Gasteiger partial charge is 0.461 e. The van der Waals surface area contributed by atoms with E-state index in [9.17, 15) is 18.0 Å². The lowest BCUT2D eigenvalue weighted by Gasteiger charge is -2.30. The SMILES string of the molecule is CCOC(=O)c1csc(NC(=O)C2CCN(S(=O)(=O)c3c(C)noc3C)CC2)n1. The minimum Gasteiger partial charge on any atom is -0.461 e. The fraction of sp³-hybridized carbons (Fsp3) is 0.529. The zero-order valence-electron chi connectivity index (χ0n) is 16.3.